The highest BCUT2D eigenvalue weighted by Crippen LogP contribution is 2.44. The van der Waals surface area contributed by atoms with Crippen LogP contribution in [0.5, 0.6) is 0 Å². The molecule has 2 amide bonds. The van der Waals surface area contributed by atoms with E-state index in [9.17, 15) is 18.0 Å². The molecule has 220 valence electrons. The molecular weight excluding hydrogens is 550 g/mol. The lowest BCUT2D eigenvalue weighted by Gasteiger charge is -2.28. The first kappa shape index (κ1) is 28.4. The van der Waals surface area contributed by atoms with E-state index in [2.05, 4.69) is 15.0 Å². The van der Waals surface area contributed by atoms with Gasteiger partial charge in [-0.05, 0) is 47.5 Å². The number of carbonyl (C=O) groups is 2. The van der Waals surface area contributed by atoms with Gasteiger partial charge in [-0.2, -0.15) is 8.42 Å². The van der Waals surface area contributed by atoms with Crippen molar-refractivity contribution in [1.29, 1.82) is 0 Å². The second kappa shape index (κ2) is 10.1. The minimum atomic E-state index is -4.57. The Hall–Kier alpha value is -3.12. The summed E-state index contributed by atoms with van der Waals surface area (Å²) in [5.41, 5.74) is 5.91. The summed E-state index contributed by atoms with van der Waals surface area (Å²) in [6.45, 7) is 8.33. The van der Waals surface area contributed by atoms with Gasteiger partial charge < -0.3 is 24.7 Å². The van der Waals surface area contributed by atoms with Crippen LogP contribution in [0.2, 0.25) is 0 Å². The van der Waals surface area contributed by atoms with Crippen LogP contribution in [0.25, 0.3) is 11.2 Å². The van der Waals surface area contributed by atoms with Crippen molar-refractivity contribution in [3.05, 3.63) is 12.7 Å². The predicted octanol–water partition coefficient (Wildman–Crippen LogP) is 0.603. The molecule has 2 aromatic rings. The molecule has 0 unspecified atom stereocenters. The fourth-order valence-electron chi connectivity index (χ4n) is 5.03. The standard InChI is InChI=1S/C23H33N7O9S/c1-22(2,3)39-21(32)29-8-6-7-12(29)19(31)28-40(33,34)35-9-13-15-16(38-23(4,5)37-15)20(36-13)30-11-27-14-17(24)25-10-26-18(14)30/h10-13,15-16,20H,6-9H2,1-5H3,(H,28,31)(H2,24,25,26)/t12-,13+,15-,16+,20+/m0/s1. The lowest BCUT2D eigenvalue weighted by atomic mass is 10.1. The monoisotopic (exact) mass is 583 g/mol. The smallest absolute Gasteiger partial charge is 0.410 e. The number of anilines is 1. The van der Waals surface area contributed by atoms with E-state index in [4.69, 9.17) is 28.9 Å². The number of fused-ring (bicyclic) bond motifs is 2. The van der Waals surface area contributed by atoms with E-state index in [0.717, 1.165) is 0 Å². The molecule has 2 aromatic heterocycles. The van der Waals surface area contributed by atoms with Crippen molar-refractivity contribution >= 4 is 39.3 Å². The minimum absolute atomic E-state index is 0.191. The van der Waals surface area contributed by atoms with Crippen molar-refractivity contribution in [3.8, 4) is 0 Å². The second-order valence-electron chi connectivity index (χ2n) is 11.2. The van der Waals surface area contributed by atoms with Crippen molar-refractivity contribution < 1.29 is 41.1 Å². The molecular formula is C23H33N7O9S. The first-order valence-electron chi connectivity index (χ1n) is 12.8. The van der Waals surface area contributed by atoms with Crippen LogP contribution in [0.15, 0.2) is 12.7 Å². The quantitative estimate of drug-likeness (QED) is 0.479. The van der Waals surface area contributed by atoms with Gasteiger partial charge in [0, 0.05) is 6.54 Å². The number of nitrogens with one attached hydrogen (secondary N) is 1. The molecule has 16 nitrogen and oxygen atoms in total. The SMILES string of the molecule is CC(C)(C)OC(=O)N1CCC[C@H]1C(=O)NS(=O)(=O)OC[C@H]1O[C@@H](n2cnc3c(N)ncnc32)[C@@H]2OC(C)(C)O[C@H]21. The predicted molar refractivity (Wildman–Crippen MR) is 136 cm³/mol. The van der Waals surface area contributed by atoms with Gasteiger partial charge in [0.15, 0.2) is 23.5 Å². The summed E-state index contributed by atoms with van der Waals surface area (Å²) in [6.07, 6.45) is -0.180. The molecule has 3 fully saturated rings. The van der Waals surface area contributed by atoms with Gasteiger partial charge in [-0.25, -0.2) is 24.5 Å². The number of likely N-dealkylation sites (tertiary alicyclic amines) is 1. The number of rotatable bonds is 6. The molecule has 0 aliphatic carbocycles. The maximum absolute atomic E-state index is 12.8. The second-order valence-corrected chi connectivity index (χ2v) is 12.6. The number of amides is 2. The number of hydrogen-bond acceptors (Lipinski definition) is 13. The number of nitrogens with two attached hydrogens (primary N) is 1. The third kappa shape index (κ3) is 5.69. The first-order chi connectivity index (χ1) is 18.6. The lowest BCUT2D eigenvalue weighted by Crippen LogP contribution is -2.49. The number of imidazole rings is 1. The van der Waals surface area contributed by atoms with Gasteiger partial charge in [0.05, 0.1) is 12.9 Å². The van der Waals surface area contributed by atoms with Crippen molar-refractivity contribution in [3.63, 3.8) is 0 Å². The highest BCUT2D eigenvalue weighted by atomic mass is 32.2. The third-order valence-electron chi connectivity index (χ3n) is 6.58. The minimum Gasteiger partial charge on any atom is -0.444 e. The molecule has 3 aliphatic rings. The molecule has 0 aromatic carbocycles. The maximum Gasteiger partial charge on any atom is 0.410 e. The molecule has 3 N–H and O–H groups in total. The van der Waals surface area contributed by atoms with Crippen LogP contribution in [-0.4, -0.2) is 93.7 Å². The summed E-state index contributed by atoms with van der Waals surface area (Å²) < 4.78 is 57.6. The molecule has 5 heterocycles. The Kier molecular flexibility index (Phi) is 7.14. The number of nitrogen functional groups attached to an aromatic ring is 1. The Morgan fingerprint density at radius 2 is 1.93 bits per heavy atom. The number of ether oxygens (including phenoxy) is 4. The van der Waals surface area contributed by atoms with E-state index in [1.54, 1.807) is 39.2 Å². The Morgan fingerprint density at radius 1 is 1.20 bits per heavy atom. The number of nitrogens with zero attached hydrogens (tertiary/aromatic N) is 5. The van der Waals surface area contributed by atoms with E-state index in [-0.39, 0.29) is 18.8 Å². The number of hydrogen-bond donors (Lipinski definition) is 2. The summed E-state index contributed by atoms with van der Waals surface area (Å²) >= 11 is 0. The molecule has 3 saturated heterocycles. The zero-order valence-corrected chi connectivity index (χ0v) is 23.6. The highest BCUT2D eigenvalue weighted by molar-refractivity contribution is 7.85. The molecule has 17 heteroatoms. The fraction of sp³-hybridized carbons (Fsp3) is 0.696. The van der Waals surface area contributed by atoms with Crippen molar-refractivity contribution in [2.75, 3.05) is 18.9 Å². The topological polar surface area (TPSA) is 199 Å². The Bertz CT molecular complexity index is 1410. The fourth-order valence-corrected chi connectivity index (χ4v) is 5.78. The molecule has 0 radical (unpaired) electrons. The number of aromatic nitrogens is 4. The van der Waals surface area contributed by atoms with Gasteiger partial charge in [0.1, 0.15) is 41.8 Å². The van der Waals surface area contributed by atoms with Gasteiger partial charge in [0.25, 0.3) is 5.91 Å². The summed E-state index contributed by atoms with van der Waals surface area (Å²) in [5, 5.41) is 0. The lowest BCUT2D eigenvalue weighted by molar-refractivity contribution is -0.198. The molecule has 5 atom stereocenters. The molecule has 5 rings (SSSR count). The Labute approximate surface area is 230 Å². The Balaban J connectivity index is 1.26. The summed E-state index contributed by atoms with van der Waals surface area (Å²) in [4.78, 5) is 39.0. The average Bonchev–Trinajstić information content (AvgIpc) is 3.59. The van der Waals surface area contributed by atoms with E-state index < -0.39 is 70.9 Å². The first-order valence-corrected chi connectivity index (χ1v) is 14.2. The van der Waals surface area contributed by atoms with Crippen molar-refractivity contribution in [2.24, 2.45) is 0 Å². The summed E-state index contributed by atoms with van der Waals surface area (Å²) in [6, 6.07) is -1.01. The van der Waals surface area contributed by atoms with Crippen LogP contribution >= 0.6 is 0 Å². The van der Waals surface area contributed by atoms with Crippen LogP contribution in [-0.2, 0) is 38.2 Å². The molecule has 3 aliphatic heterocycles. The summed E-state index contributed by atoms with van der Waals surface area (Å²) in [5.74, 6) is -1.69. The molecule has 0 bridgehead atoms. The van der Waals surface area contributed by atoms with Crippen LogP contribution < -0.4 is 10.5 Å². The van der Waals surface area contributed by atoms with E-state index in [1.165, 1.54) is 17.6 Å². The summed E-state index contributed by atoms with van der Waals surface area (Å²) in [7, 11) is -4.57. The zero-order valence-electron chi connectivity index (χ0n) is 22.8. The van der Waals surface area contributed by atoms with Gasteiger partial charge in [-0.15, -0.1) is 0 Å². The Morgan fingerprint density at radius 3 is 2.65 bits per heavy atom. The zero-order chi connectivity index (χ0) is 29.0. The van der Waals surface area contributed by atoms with Gasteiger partial charge >= 0.3 is 16.4 Å². The van der Waals surface area contributed by atoms with Crippen LogP contribution in [0.1, 0.15) is 53.7 Å². The average molecular weight is 584 g/mol. The van der Waals surface area contributed by atoms with Crippen LogP contribution in [0, 0.1) is 0 Å². The van der Waals surface area contributed by atoms with E-state index >= 15 is 0 Å². The van der Waals surface area contributed by atoms with Gasteiger partial charge in [-0.3, -0.25) is 18.4 Å². The normalized spacial score (nSPS) is 28.1. The van der Waals surface area contributed by atoms with Gasteiger partial charge in [0.2, 0.25) is 0 Å². The number of carbonyl (C=O) groups excluding carboxylic acids is 2. The maximum atomic E-state index is 12.8. The van der Waals surface area contributed by atoms with Crippen LogP contribution in [0.3, 0.4) is 0 Å². The largest absolute Gasteiger partial charge is 0.444 e. The molecule has 40 heavy (non-hydrogen) atoms. The van der Waals surface area contributed by atoms with E-state index in [1.807, 2.05) is 4.72 Å². The highest BCUT2D eigenvalue weighted by Gasteiger charge is 2.56. The third-order valence-corrected chi connectivity index (χ3v) is 7.48. The van der Waals surface area contributed by atoms with E-state index in [0.29, 0.717) is 17.6 Å². The molecule has 0 saturated carbocycles. The molecule has 0 spiro atoms. The van der Waals surface area contributed by atoms with Gasteiger partial charge in [-0.1, -0.05) is 0 Å². The van der Waals surface area contributed by atoms with Crippen LogP contribution in [0.4, 0.5) is 10.6 Å². The van der Waals surface area contributed by atoms with Crippen molar-refractivity contribution in [1.82, 2.24) is 29.1 Å². The van der Waals surface area contributed by atoms with Crippen molar-refractivity contribution in [2.45, 2.75) is 89.4 Å².